The molecule has 2 atom stereocenters. The molecule has 2 aliphatic rings. The SMILES string of the molecule is Cl.NC[C@H]1CC[C@@H](C(=O)NCCCC2CCCCC2)O1. The maximum atomic E-state index is 11.9. The summed E-state index contributed by atoms with van der Waals surface area (Å²) in [6, 6.07) is 0. The van der Waals surface area contributed by atoms with Crippen LogP contribution in [0.15, 0.2) is 0 Å². The average molecular weight is 305 g/mol. The van der Waals surface area contributed by atoms with Gasteiger partial charge in [0.2, 0.25) is 5.91 Å². The predicted molar refractivity (Wildman–Crippen MR) is 83.0 cm³/mol. The standard InChI is InChI=1S/C15H28N2O2.ClH/c16-11-13-8-9-14(19-13)15(18)17-10-4-7-12-5-2-1-3-6-12;/h12-14H,1-11,16H2,(H,17,18);1H/t13-,14+;/m1./s1. The zero-order valence-corrected chi connectivity index (χ0v) is 13.1. The second-order valence-corrected chi connectivity index (χ2v) is 6.00. The number of carbonyl (C=O) groups is 1. The molecule has 1 saturated heterocycles. The topological polar surface area (TPSA) is 64.4 Å². The van der Waals surface area contributed by atoms with Crippen LogP contribution in [0.2, 0.25) is 0 Å². The fraction of sp³-hybridized carbons (Fsp3) is 0.933. The number of nitrogens with one attached hydrogen (secondary N) is 1. The van der Waals surface area contributed by atoms with Gasteiger partial charge in [0.1, 0.15) is 6.10 Å². The van der Waals surface area contributed by atoms with E-state index in [1.165, 1.54) is 38.5 Å². The molecule has 0 bridgehead atoms. The predicted octanol–water partition coefficient (Wildman–Crippen LogP) is 2.39. The molecule has 2 fully saturated rings. The monoisotopic (exact) mass is 304 g/mol. The molecule has 1 heterocycles. The molecule has 0 radical (unpaired) electrons. The highest BCUT2D eigenvalue weighted by molar-refractivity contribution is 5.85. The normalized spacial score (nSPS) is 27.1. The average Bonchev–Trinajstić information content (AvgIpc) is 2.93. The molecule has 0 aromatic heterocycles. The lowest BCUT2D eigenvalue weighted by molar-refractivity contribution is -0.131. The van der Waals surface area contributed by atoms with Gasteiger partial charge in [0.05, 0.1) is 6.10 Å². The van der Waals surface area contributed by atoms with E-state index in [0.29, 0.717) is 6.54 Å². The van der Waals surface area contributed by atoms with Gasteiger partial charge in [-0.05, 0) is 31.6 Å². The van der Waals surface area contributed by atoms with Gasteiger partial charge in [-0.3, -0.25) is 4.79 Å². The van der Waals surface area contributed by atoms with Crippen LogP contribution in [0, 0.1) is 5.92 Å². The highest BCUT2D eigenvalue weighted by Gasteiger charge is 2.29. The molecule has 5 heteroatoms. The Labute approximate surface area is 128 Å². The van der Waals surface area contributed by atoms with E-state index in [1.807, 2.05) is 0 Å². The lowest BCUT2D eigenvalue weighted by atomic mass is 9.86. The van der Waals surface area contributed by atoms with Gasteiger partial charge >= 0.3 is 0 Å². The van der Waals surface area contributed by atoms with Crippen LogP contribution in [0.3, 0.4) is 0 Å². The molecule has 4 nitrogen and oxygen atoms in total. The van der Waals surface area contributed by atoms with Crippen molar-refractivity contribution in [3.63, 3.8) is 0 Å². The van der Waals surface area contributed by atoms with Crippen molar-refractivity contribution in [3.8, 4) is 0 Å². The third kappa shape index (κ3) is 5.58. The molecule has 20 heavy (non-hydrogen) atoms. The third-order valence-electron chi connectivity index (χ3n) is 4.48. The van der Waals surface area contributed by atoms with E-state index in [1.54, 1.807) is 0 Å². The number of amides is 1. The van der Waals surface area contributed by atoms with Gasteiger partial charge in [0, 0.05) is 13.1 Å². The Balaban J connectivity index is 0.00000200. The summed E-state index contributed by atoms with van der Waals surface area (Å²) in [5.41, 5.74) is 5.54. The largest absolute Gasteiger partial charge is 0.364 e. The quantitative estimate of drug-likeness (QED) is 0.741. The maximum absolute atomic E-state index is 11.9. The summed E-state index contributed by atoms with van der Waals surface area (Å²) < 4.78 is 5.58. The van der Waals surface area contributed by atoms with Crippen molar-refractivity contribution in [2.45, 2.75) is 70.0 Å². The molecule has 0 spiro atoms. The summed E-state index contributed by atoms with van der Waals surface area (Å²) in [5, 5.41) is 3.00. The number of hydrogen-bond donors (Lipinski definition) is 2. The Morgan fingerprint density at radius 1 is 1.15 bits per heavy atom. The maximum Gasteiger partial charge on any atom is 0.249 e. The van der Waals surface area contributed by atoms with Gasteiger partial charge in [-0.1, -0.05) is 32.1 Å². The minimum atomic E-state index is -0.261. The minimum absolute atomic E-state index is 0. The van der Waals surface area contributed by atoms with Crippen LogP contribution in [-0.2, 0) is 9.53 Å². The Kier molecular flexibility index (Phi) is 8.50. The van der Waals surface area contributed by atoms with Gasteiger partial charge in [0.25, 0.3) is 0 Å². The first-order valence-electron chi connectivity index (χ1n) is 7.93. The molecular formula is C15H29ClN2O2. The van der Waals surface area contributed by atoms with Crippen molar-refractivity contribution in [3.05, 3.63) is 0 Å². The number of carbonyl (C=O) groups excluding carboxylic acids is 1. The van der Waals surface area contributed by atoms with Crippen molar-refractivity contribution in [2.75, 3.05) is 13.1 Å². The first kappa shape index (κ1) is 17.7. The molecule has 1 saturated carbocycles. The van der Waals surface area contributed by atoms with Crippen LogP contribution < -0.4 is 11.1 Å². The van der Waals surface area contributed by atoms with Crippen LogP contribution in [0.1, 0.15) is 57.8 Å². The molecule has 0 aromatic carbocycles. The van der Waals surface area contributed by atoms with Crippen LogP contribution in [-0.4, -0.2) is 31.2 Å². The van der Waals surface area contributed by atoms with Gasteiger partial charge in [-0.15, -0.1) is 12.4 Å². The molecule has 1 aliphatic heterocycles. The van der Waals surface area contributed by atoms with Gasteiger partial charge < -0.3 is 15.8 Å². The highest BCUT2D eigenvalue weighted by atomic mass is 35.5. The summed E-state index contributed by atoms with van der Waals surface area (Å²) >= 11 is 0. The summed E-state index contributed by atoms with van der Waals surface area (Å²) in [5.74, 6) is 0.953. The lowest BCUT2D eigenvalue weighted by Gasteiger charge is -2.21. The van der Waals surface area contributed by atoms with Crippen LogP contribution in [0.5, 0.6) is 0 Å². The third-order valence-corrected chi connectivity index (χ3v) is 4.48. The number of hydrogen-bond acceptors (Lipinski definition) is 3. The fourth-order valence-corrected chi connectivity index (χ4v) is 3.26. The van der Waals surface area contributed by atoms with E-state index >= 15 is 0 Å². The Morgan fingerprint density at radius 3 is 2.55 bits per heavy atom. The number of nitrogens with two attached hydrogens (primary N) is 1. The van der Waals surface area contributed by atoms with Gasteiger partial charge in [0.15, 0.2) is 0 Å². The Bertz CT molecular complexity index is 283. The summed E-state index contributed by atoms with van der Waals surface area (Å²) in [7, 11) is 0. The van der Waals surface area contributed by atoms with Gasteiger partial charge in [-0.25, -0.2) is 0 Å². The van der Waals surface area contributed by atoms with E-state index in [0.717, 1.165) is 31.7 Å². The van der Waals surface area contributed by atoms with E-state index in [2.05, 4.69) is 5.32 Å². The molecule has 2 rings (SSSR count). The molecule has 1 aliphatic carbocycles. The molecule has 118 valence electrons. The summed E-state index contributed by atoms with van der Waals surface area (Å²) in [6.45, 7) is 1.31. The van der Waals surface area contributed by atoms with Crippen molar-refractivity contribution in [2.24, 2.45) is 11.7 Å². The van der Waals surface area contributed by atoms with Crippen molar-refractivity contribution < 1.29 is 9.53 Å². The Hall–Kier alpha value is -0.320. The number of rotatable bonds is 6. The van der Waals surface area contributed by atoms with Crippen molar-refractivity contribution in [1.29, 1.82) is 0 Å². The zero-order chi connectivity index (χ0) is 13.5. The van der Waals surface area contributed by atoms with Crippen LogP contribution >= 0.6 is 12.4 Å². The van der Waals surface area contributed by atoms with Gasteiger partial charge in [-0.2, -0.15) is 0 Å². The number of halogens is 1. The second kappa shape index (κ2) is 9.59. The molecule has 1 amide bonds. The number of ether oxygens (including phenoxy) is 1. The lowest BCUT2D eigenvalue weighted by Crippen LogP contribution is -2.36. The smallest absolute Gasteiger partial charge is 0.249 e. The Morgan fingerprint density at radius 2 is 1.90 bits per heavy atom. The second-order valence-electron chi connectivity index (χ2n) is 6.00. The molecule has 3 N–H and O–H groups in total. The van der Waals surface area contributed by atoms with E-state index in [9.17, 15) is 4.79 Å². The van der Waals surface area contributed by atoms with E-state index < -0.39 is 0 Å². The summed E-state index contributed by atoms with van der Waals surface area (Å²) in [4.78, 5) is 11.9. The highest BCUT2D eigenvalue weighted by Crippen LogP contribution is 2.27. The van der Waals surface area contributed by atoms with Crippen LogP contribution in [0.4, 0.5) is 0 Å². The molecule has 0 aromatic rings. The van der Waals surface area contributed by atoms with Crippen molar-refractivity contribution in [1.82, 2.24) is 5.32 Å². The molecular weight excluding hydrogens is 276 g/mol. The zero-order valence-electron chi connectivity index (χ0n) is 12.3. The fourth-order valence-electron chi connectivity index (χ4n) is 3.26. The molecule has 0 unspecified atom stereocenters. The van der Waals surface area contributed by atoms with Crippen LogP contribution in [0.25, 0.3) is 0 Å². The minimum Gasteiger partial charge on any atom is -0.364 e. The first-order valence-corrected chi connectivity index (χ1v) is 7.93. The summed E-state index contributed by atoms with van der Waals surface area (Å²) in [6.07, 6.45) is 10.9. The van der Waals surface area contributed by atoms with E-state index in [4.69, 9.17) is 10.5 Å². The van der Waals surface area contributed by atoms with E-state index in [-0.39, 0.29) is 30.5 Å². The van der Waals surface area contributed by atoms with Crippen molar-refractivity contribution >= 4 is 18.3 Å². The first-order chi connectivity index (χ1) is 9.29.